The molecule has 2 aromatic heterocycles. The number of halogens is 1. The second-order valence-electron chi connectivity index (χ2n) is 6.53. The van der Waals surface area contributed by atoms with E-state index in [-0.39, 0.29) is 11.7 Å². The van der Waals surface area contributed by atoms with Crippen molar-refractivity contribution in [2.45, 2.75) is 0 Å². The second kappa shape index (κ2) is 8.04. The standard InChI is InChI=1S/C21H20FN5O/c22-17-4-6-18(7-5-17)25-19-15-16(8-10-23-19)21(28)27-13-11-26(12-14-27)20-3-1-2-9-24-20/h1-10,15H,11-14H2,(H,23,25). The predicted octanol–water partition coefficient (Wildman–Crippen LogP) is 3.32. The van der Waals surface area contributed by atoms with Crippen LogP contribution < -0.4 is 10.2 Å². The topological polar surface area (TPSA) is 61.4 Å². The largest absolute Gasteiger partial charge is 0.353 e. The summed E-state index contributed by atoms with van der Waals surface area (Å²) in [6.45, 7) is 2.76. The molecule has 1 aliphatic heterocycles. The molecule has 1 amide bonds. The number of hydrogen-bond donors (Lipinski definition) is 1. The van der Waals surface area contributed by atoms with Crippen molar-refractivity contribution in [2.75, 3.05) is 36.4 Å². The van der Waals surface area contributed by atoms with Crippen LogP contribution in [0.25, 0.3) is 0 Å². The van der Waals surface area contributed by atoms with E-state index in [1.807, 2.05) is 23.1 Å². The molecule has 28 heavy (non-hydrogen) atoms. The molecule has 7 heteroatoms. The summed E-state index contributed by atoms with van der Waals surface area (Å²) >= 11 is 0. The van der Waals surface area contributed by atoms with Gasteiger partial charge in [-0.25, -0.2) is 14.4 Å². The number of amides is 1. The Bertz CT molecular complexity index is 941. The lowest BCUT2D eigenvalue weighted by molar-refractivity contribution is 0.0746. The van der Waals surface area contributed by atoms with Gasteiger partial charge >= 0.3 is 0 Å². The fraction of sp³-hybridized carbons (Fsp3) is 0.190. The minimum atomic E-state index is -0.299. The van der Waals surface area contributed by atoms with Crippen LogP contribution in [0.5, 0.6) is 0 Å². The number of hydrogen-bond acceptors (Lipinski definition) is 5. The molecular formula is C21H20FN5O. The monoisotopic (exact) mass is 377 g/mol. The zero-order chi connectivity index (χ0) is 19.3. The normalized spacial score (nSPS) is 14.0. The fourth-order valence-electron chi connectivity index (χ4n) is 3.18. The number of pyridine rings is 2. The second-order valence-corrected chi connectivity index (χ2v) is 6.53. The summed E-state index contributed by atoms with van der Waals surface area (Å²) in [6.07, 6.45) is 3.38. The third-order valence-corrected chi connectivity index (χ3v) is 4.66. The fourth-order valence-corrected chi connectivity index (χ4v) is 3.18. The van der Waals surface area contributed by atoms with Gasteiger partial charge in [0.1, 0.15) is 17.5 Å². The first-order chi connectivity index (χ1) is 13.7. The number of carbonyl (C=O) groups is 1. The van der Waals surface area contributed by atoms with Crippen molar-refractivity contribution in [1.29, 1.82) is 0 Å². The van der Waals surface area contributed by atoms with Crippen LogP contribution in [-0.4, -0.2) is 47.0 Å². The van der Waals surface area contributed by atoms with Crippen molar-refractivity contribution in [3.63, 3.8) is 0 Å². The summed E-state index contributed by atoms with van der Waals surface area (Å²) in [4.78, 5) is 25.5. The smallest absolute Gasteiger partial charge is 0.254 e. The van der Waals surface area contributed by atoms with Crippen molar-refractivity contribution < 1.29 is 9.18 Å². The van der Waals surface area contributed by atoms with Gasteiger partial charge in [0.25, 0.3) is 5.91 Å². The van der Waals surface area contributed by atoms with Gasteiger partial charge in [0, 0.05) is 49.8 Å². The molecule has 1 aromatic carbocycles. The molecule has 3 aromatic rings. The van der Waals surface area contributed by atoms with E-state index in [9.17, 15) is 9.18 Å². The maximum absolute atomic E-state index is 13.0. The highest BCUT2D eigenvalue weighted by Gasteiger charge is 2.23. The Kier molecular flexibility index (Phi) is 5.14. The molecule has 1 aliphatic rings. The van der Waals surface area contributed by atoms with Gasteiger partial charge in [0.05, 0.1) is 0 Å². The Balaban J connectivity index is 1.40. The van der Waals surface area contributed by atoms with Crippen molar-refractivity contribution in [3.8, 4) is 0 Å². The van der Waals surface area contributed by atoms with Crippen LogP contribution in [0, 0.1) is 5.82 Å². The van der Waals surface area contributed by atoms with Gasteiger partial charge in [-0.15, -0.1) is 0 Å². The number of anilines is 3. The van der Waals surface area contributed by atoms with Gasteiger partial charge in [-0.1, -0.05) is 6.07 Å². The molecule has 0 saturated carbocycles. The summed E-state index contributed by atoms with van der Waals surface area (Å²) < 4.78 is 13.0. The number of nitrogens with one attached hydrogen (secondary N) is 1. The van der Waals surface area contributed by atoms with E-state index >= 15 is 0 Å². The first-order valence-electron chi connectivity index (χ1n) is 9.13. The molecule has 142 valence electrons. The van der Waals surface area contributed by atoms with E-state index < -0.39 is 0 Å². The predicted molar refractivity (Wildman–Crippen MR) is 106 cm³/mol. The number of nitrogens with zero attached hydrogens (tertiary/aromatic N) is 4. The maximum atomic E-state index is 13.0. The van der Waals surface area contributed by atoms with Gasteiger partial charge in [-0.3, -0.25) is 4.79 Å². The Hall–Kier alpha value is -3.48. The molecule has 3 heterocycles. The molecule has 0 unspecified atom stereocenters. The van der Waals surface area contributed by atoms with Gasteiger partial charge < -0.3 is 15.1 Å². The molecule has 0 atom stereocenters. The van der Waals surface area contributed by atoms with E-state index in [0.717, 1.165) is 18.9 Å². The number of rotatable bonds is 4. The first kappa shape index (κ1) is 17.9. The summed E-state index contributed by atoms with van der Waals surface area (Å²) in [5.41, 5.74) is 1.29. The van der Waals surface area contributed by atoms with E-state index in [4.69, 9.17) is 0 Å². The van der Waals surface area contributed by atoms with E-state index in [0.29, 0.717) is 30.2 Å². The van der Waals surface area contributed by atoms with Crippen molar-refractivity contribution >= 4 is 23.2 Å². The summed E-state index contributed by atoms with van der Waals surface area (Å²) in [6, 6.07) is 15.3. The van der Waals surface area contributed by atoms with Gasteiger partial charge in [0.15, 0.2) is 0 Å². The van der Waals surface area contributed by atoms with Crippen LogP contribution in [0.2, 0.25) is 0 Å². The number of benzene rings is 1. The summed E-state index contributed by atoms with van der Waals surface area (Å²) in [5, 5.41) is 3.09. The first-order valence-corrected chi connectivity index (χ1v) is 9.13. The highest BCUT2D eigenvalue weighted by atomic mass is 19.1. The Morgan fingerprint density at radius 1 is 0.929 bits per heavy atom. The highest BCUT2D eigenvalue weighted by Crippen LogP contribution is 2.18. The van der Waals surface area contributed by atoms with Crippen LogP contribution in [0.15, 0.2) is 67.0 Å². The maximum Gasteiger partial charge on any atom is 0.254 e. The van der Waals surface area contributed by atoms with Crippen LogP contribution >= 0.6 is 0 Å². The Morgan fingerprint density at radius 2 is 1.71 bits per heavy atom. The van der Waals surface area contributed by atoms with Crippen LogP contribution in [-0.2, 0) is 0 Å². The van der Waals surface area contributed by atoms with Crippen molar-refractivity contribution in [2.24, 2.45) is 0 Å². The molecule has 0 radical (unpaired) electrons. The molecule has 0 aliphatic carbocycles. The minimum absolute atomic E-state index is 0.0229. The Labute approximate surface area is 162 Å². The highest BCUT2D eigenvalue weighted by molar-refractivity contribution is 5.95. The van der Waals surface area contributed by atoms with Crippen LogP contribution in [0.4, 0.5) is 21.7 Å². The van der Waals surface area contributed by atoms with Gasteiger partial charge in [-0.2, -0.15) is 0 Å². The average molecular weight is 377 g/mol. The Morgan fingerprint density at radius 3 is 2.43 bits per heavy atom. The third-order valence-electron chi connectivity index (χ3n) is 4.66. The van der Waals surface area contributed by atoms with Gasteiger partial charge in [0.2, 0.25) is 0 Å². The lowest BCUT2D eigenvalue weighted by atomic mass is 10.2. The molecule has 0 spiro atoms. The van der Waals surface area contributed by atoms with Crippen molar-refractivity contribution in [1.82, 2.24) is 14.9 Å². The van der Waals surface area contributed by atoms with Gasteiger partial charge in [-0.05, 0) is 48.5 Å². The molecule has 4 rings (SSSR count). The number of aromatic nitrogens is 2. The molecule has 0 bridgehead atoms. The molecule has 1 fully saturated rings. The lowest BCUT2D eigenvalue weighted by Crippen LogP contribution is -2.49. The zero-order valence-electron chi connectivity index (χ0n) is 15.3. The number of carbonyl (C=O) groups excluding carboxylic acids is 1. The third kappa shape index (κ3) is 4.09. The summed E-state index contributed by atoms with van der Waals surface area (Å²) in [7, 11) is 0. The van der Waals surface area contributed by atoms with E-state index in [1.165, 1.54) is 12.1 Å². The van der Waals surface area contributed by atoms with E-state index in [1.54, 1.807) is 36.7 Å². The number of piperazine rings is 1. The molecule has 1 saturated heterocycles. The SMILES string of the molecule is O=C(c1ccnc(Nc2ccc(F)cc2)c1)N1CCN(c2ccccn2)CC1. The van der Waals surface area contributed by atoms with Crippen LogP contribution in [0.3, 0.4) is 0 Å². The molecule has 1 N–H and O–H groups in total. The molecular weight excluding hydrogens is 357 g/mol. The quantitative estimate of drug-likeness (QED) is 0.756. The van der Waals surface area contributed by atoms with Crippen molar-refractivity contribution in [3.05, 3.63) is 78.4 Å². The average Bonchev–Trinajstić information content (AvgIpc) is 2.76. The van der Waals surface area contributed by atoms with Crippen LogP contribution in [0.1, 0.15) is 10.4 Å². The minimum Gasteiger partial charge on any atom is -0.353 e. The summed E-state index contributed by atoms with van der Waals surface area (Å²) in [5.74, 6) is 1.16. The molecule has 6 nitrogen and oxygen atoms in total. The zero-order valence-corrected chi connectivity index (χ0v) is 15.3. The lowest BCUT2D eigenvalue weighted by Gasteiger charge is -2.35. The van der Waals surface area contributed by atoms with E-state index in [2.05, 4.69) is 20.2 Å².